The van der Waals surface area contributed by atoms with Gasteiger partial charge in [-0.15, -0.1) is 0 Å². The van der Waals surface area contributed by atoms with E-state index >= 15 is 0 Å². The molecule has 0 aliphatic heterocycles. The van der Waals surface area contributed by atoms with Gasteiger partial charge in [0, 0.05) is 6.20 Å². The number of hydrogen-bond donors (Lipinski definition) is 0. The lowest BCUT2D eigenvalue weighted by molar-refractivity contribution is 1.11. The number of nitrogens with zero attached hydrogens (tertiary/aromatic N) is 3. The molecule has 1 aromatic heterocycles. The second-order valence-electron chi connectivity index (χ2n) is 1.98. The first-order valence-electron chi connectivity index (χ1n) is 3.09. The van der Waals surface area contributed by atoms with Gasteiger partial charge >= 0.3 is 0 Å². The van der Waals surface area contributed by atoms with Crippen molar-refractivity contribution >= 4 is 0 Å². The molecule has 0 radical (unpaired) electrons. The predicted molar refractivity (Wildman–Crippen MR) is 38.3 cm³/mol. The van der Waals surface area contributed by atoms with Gasteiger partial charge in [0.1, 0.15) is 0 Å². The van der Waals surface area contributed by atoms with Crippen LogP contribution in [0.3, 0.4) is 0 Å². The number of pyridine rings is 1. The molecule has 0 N–H and O–H groups in total. The molecule has 0 atom stereocenters. The van der Waals surface area contributed by atoms with E-state index in [1.54, 1.807) is 12.1 Å². The van der Waals surface area contributed by atoms with Crippen LogP contribution in [0.4, 0.5) is 0 Å². The Balaban J connectivity index is 2.96. The third-order valence-corrected chi connectivity index (χ3v) is 1.21. The summed E-state index contributed by atoms with van der Waals surface area (Å²) in [5.41, 5.74) is 1.19. The molecule has 1 heterocycles. The monoisotopic (exact) mass is 143 g/mol. The quantitative estimate of drug-likeness (QED) is 0.589. The second-order valence-corrected chi connectivity index (χ2v) is 1.98. The minimum atomic E-state index is 0.259. The maximum atomic E-state index is 8.47. The molecule has 0 saturated carbocycles. The van der Waals surface area contributed by atoms with Gasteiger partial charge in [-0.3, -0.25) is 4.98 Å². The van der Waals surface area contributed by atoms with E-state index in [1.165, 1.54) is 6.20 Å². The van der Waals surface area contributed by atoms with Gasteiger partial charge in [0.2, 0.25) is 0 Å². The molecule has 0 aliphatic carbocycles. The van der Waals surface area contributed by atoms with E-state index in [-0.39, 0.29) is 6.42 Å². The van der Waals surface area contributed by atoms with E-state index in [0.717, 1.165) is 0 Å². The summed E-state index contributed by atoms with van der Waals surface area (Å²) in [5, 5.41) is 16.8. The van der Waals surface area contributed by atoms with Crippen LogP contribution in [0.1, 0.15) is 11.3 Å². The lowest BCUT2D eigenvalue weighted by Gasteiger charge is -1.91. The highest BCUT2D eigenvalue weighted by molar-refractivity contribution is 5.29. The Morgan fingerprint density at radius 3 is 2.91 bits per heavy atom. The van der Waals surface area contributed by atoms with Gasteiger partial charge in [-0.05, 0) is 12.1 Å². The van der Waals surface area contributed by atoms with Crippen LogP contribution in [0.2, 0.25) is 0 Å². The van der Waals surface area contributed by atoms with Crippen molar-refractivity contribution in [3.05, 3.63) is 29.6 Å². The maximum Gasteiger partial charge on any atom is 0.0992 e. The van der Waals surface area contributed by atoms with Crippen molar-refractivity contribution in [1.29, 1.82) is 10.5 Å². The summed E-state index contributed by atoms with van der Waals surface area (Å²) < 4.78 is 0. The van der Waals surface area contributed by atoms with Crippen LogP contribution in [0.5, 0.6) is 0 Å². The normalized spacial score (nSPS) is 8.18. The van der Waals surface area contributed by atoms with Crippen LogP contribution < -0.4 is 0 Å². The lowest BCUT2D eigenvalue weighted by atomic mass is 10.2. The molecule has 52 valence electrons. The molecule has 0 saturated heterocycles. The predicted octanol–water partition coefficient (Wildman–Crippen LogP) is 1.02. The molecule has 0 aromatic carbocycles. The van der Waals surface area contributed by atoms with E-state index in [1.807, 2.05) is 12.1 Å². The van der Waals surface area contributed by atoms with Gasteiger partial charge in [0.15, 0.2) is 0 Å². The zero-order valence-corrected chi connectivity index (χ0v) is 5.78. The first kappa shape index (κ1) is 7.24. The highest BCUT2D eigenvalue weighted by Gasteiger charge is 1.93. The first-order valence-corrected chi connectivity index (χ1v) is 3.09. The van der Waals surface area contributed by atoms with Crippen LogP contribution >= 0.6 is 0 Å². The minimum absolute atomic E-state index is 0.259. The topological polar surface area (TPSA) is 60.5 Å². The van der Waals surface area contributed by atoms with Crippen LogP contribution in [0.15, 0.2) is 18.3 Å². The Labute approximate surface area is 64.5 Å². The fraction of sp³-hybridized carbons (Fsp3) is 0.125. The summed E-state index contributed by atoms with van der Waals surface area (Å²) in [6.45, 7) is 0. The van der Waals surface area contributed by atoms with Crippen LogP contribution in [-0.2, 0) is 6.42 Å². The van der Waals surface area contributed by atoms with Gasteiger partial charge in [-0.2, -0.15) is 10.5 Å². The van der Waals surface area contributed by atoms with Crippen LogP contribution in [0.25, 0.3) is 0 Å². The van der Waals surface area contributed by atoms with E-state index in [4.69, 9.17) is 10.5 Å². The Morgan fingerprint density at radius 2 is 2.27 bits per heavy atom. The fourth-order valence-electron chi connectivity index (χ4n) is 0.725. The van der Waals surface area contributed by atoms with Gasteiger partial charge in [-0.25, -0.2) is 0 Å². The van der Waals surface area contributed by atoms with Crippen molar-refractivity contribution in [2.75, 3.05) is 0 Å². The molecule has 0 unspecified atom stereocenters. The number of nitriles is 2. The van der Waals surface area contributed by atoms with Gasteiger partial charge in [0.25, 0.3) is 0 Å². The third-order valence-electron chi connectivity index (χ3n) is 1.21. The van der Waals surface area contributed by atoms with Gasteiger partial charge < -0.3 is 0 Å². The van der Waals surface area contributed by atoms with Gasteiger partial charge in [-0.1, -0.05) is 0 Å². The number of aromatic nitrogens is 1. The Morgan fingerprint density at radius 1 is 1.45 bits per heavy atom. The molecule has 0 bridgehead atoms. The SMILES string of the molecule is N#CCc1cc(C#N)ccn1. The highest BCUT2D eigenvalue weighted by Crippen LogP contribution is 1.99. The van der Waals surface area contributed by atoms with Crippen molar-refractivity contribution in [1.82, 2.24) is 4.98 Å². The Kier molecular flexibility index (Phi) is 2.20. The molecular weight excluding hydrogens is 138 g/mol. The Hall–Kier alpha value is -1.87. The van der Waals surface area contributed by atoms with E-state index in [9.17, 15) is 0 Å². The minimum Gasteiger partial charge on any atom is -0.260 e. The summed E-state index contributed by atoms with van der Waals surface area (Å²) >= 11 is 0. The highest BCUT2D eigenvalue weighted by atomic mass is 14.7. The van der Waals surface area contributed by atoms with Crippen LogP contribution in [-0.4, -0.2) is 4.98 Å². The molecule has 3 nitrogen and oxygen atoms in total. The number of rotatable bonds is 1. The zero-order valence-electron chi connectivity index (χ0n) is 5.78. The van der Waals surface area contributed by atoms with Crippen molar-refractivity contribution in [3.63, 3.8) is 0 Å². The van der Waals surface area contributed by atoms with Gasteiger partial charge in [0.05, 0.1) is 29.8 Å². The summed E-state index contributed by atoms with van der Waals surface area (Å²) in [6.07, 6.45) is 1.79. The van der Waals surface area contributed by atoms with E-state index in [2.05, 4.69) is 4.98 Å². The first-order chi connectivity index (χ1) is 5.36. The molecule has 0 amide bonds. The lowest BCUT2D eigenvalue weighted by Crippen LogP contribution is -1.87. The molecule has 0 spiro atoms. The smallest absolute Gasteiger partial charge is 0.0992 e. The zero-order chi connectivity index (χ0) is 8.10. The molecule has 0 fully saturated rings. The Bertz CT molecular complexity index is 330. The fourth-order valence-corrected chi connectivity index (χ4v) is 0.725. The number of hydrogen-bond acceptors (Lipinski definition) is 3. The molecule has 0 aliphatic rings. The van der Waals surface area contributed by atoms with Crippen LogP contribution in [0, 0.1) is 22.7 Å². The molecule has 3 heteroatoms. The summed E-state index contributed by atoms with van der Waals surface area (Å²) in [7, 11) is 0. The van der Waals surface area contributed by atoms with Crippen molar-refractivity contribution < 1.29 is 0 Å². The van der Waals surface area contributed by atoms with E-state index < -0.39 is 0 Å². The molecule has 11 heavy (non-hydrogen) atoms. The largest absolute Gasteiger partial charge is 0.260 e. The standard InChI is InChI=1S/C8H5N3/c9-3-1-8-5-7(6-10)2-4-11-8/h2,4-5H,1H2. The average Bonchev–Trinajstić information content (AvgIpc) is 2.06. The summed E-state index contributed by atoms with van der Waals surface area (Å²) in [6, 6.07) is 7.17. The summed E-state index contributed by atoms with van der Waals surface area (Å²) in [5.74, 6) is 0. The van der Waals surface area contributed by atoms with Crippen molar-refractivity contribution in [2.45, 2.75) is 6.42 Å². The average molecular weight is 143 g/mol. The third kappa shape index (κ3) is 1.77. The molecule has 1 aromatic rings. The molecular formula is C8H5N3. The van der Waals surface area contributed by atoms with Crippen molar-refractivity contribution in [3.8, 4) is 12.1 Å². The summed E-state index contributed by atoms with van der Waals surface area (Å²) in [4.78, 5) is 3.90. The van der Waals surface area contributed by atoms with E-state index in [0.29, 0.717) is 11.3 Å². The van der Waals surface area contributed by atoms with Crippen molar-refractivity contribution in [2.24, 2.45) is 0 Å². The molecule has 1 rings (SSSR count). The maximum absolute atomic E-state index is 8.47. The second kappa shape index (κ2) is 3.34.